The van der Waals surface area contributed by atoms with Crippen LogP contribution in [0.1, 0.15) is 76.8 Å². The van der Waals surface area contributed by atoms with Gasteiger partial charge in [0.25, 0.3) is 5.91 Å². The molecule has 1 saturated carbocycles. The Balaban J connectivity index is 1.33. The minimum atomic E-state index is -0.978. The number of carbonyl (C=O) groups is 1. The predicted octanol–water partition coefficient (Wildman–Crippen LogP) is 4.68. The SMILES string of the molecule is C=CCNC(=O)c1cnc(Nc2cc3c(c(C4CCC4)c2)CCN(C)C3)nc1Nc1ccc2c(n1)[C@@](C)(O)CC2. The fraction of sp³-hybridized carbons (Fsp3) is 0.419. The molecule has 9 heteroatoms. The summed E-state index contributed by atoms with van der Waals surface area (Å²) < 4.78 is 0. The number of benzene rings is 1. The third-order valence-electron chi connectivity index (χ3n) is 8.42. The standard InChI is InChI=1S/C31H37N7O2/c1-4-13-32-29(39)25-17-33-30(37-28(25)36-26-9-8-20-10-12-31(2,40)27(20)35-26)34-22-15-21-18-38(3)14-11-23(21)24(16-22)19-6-5-7-19/h4,8-9,15-17,19,40H,1,5-7,10-14,18H2,2-3H3,(H,32,39)(H2,33,34,35,36,37)/t31-/m0/s1. The van der Waals surface area contributed by atoms with E-state index in [1.165, 1.54) is 42.1 Å². The van der Waals surface area contributed by atoms with Gasteiger partial charge in [0.05, 0.1) is 5.69 Å². The maximum absolute atomic E-state index is 13.0. The van der Waals surface area contributed by atoms with Crippen LogP contribution in [-0.2, 0) is 25.0 Å². The highest BCUT2D eigenvalue weighted by molar-refractivity contribution is 5.99. The van der Waals surface area contributed by atoms with Crippen molar-refractivity contribution in [1.29, 1.82) is 0 Å². The number of fused-ring (bicyclic) bond motifs is 2. The predicted molar refractivity (Wildman–Crippen MR) is 156 cm³/mol. The Bertz CT molecular complexity index is 1460. The Kier molecular flexibility index (Phi) is 7.02. The third kappa shape index (κ3) is 5.19. The highest BCUT2D eigenvalue weighted by Gasteiger charge is 2.34. The van der Waals surface area contributed by atoms with Crippen molar-refractivity contribution in [2.75, 3.05) is 30.8 Å². The van der Waals surface area contributed by atoms with Crippen LogP contribution in [0.5, 0.6) is 0 Å². The lowest BCUT2D eigenvalue weighted by molar-refractivity contribution is 0.0555. The molecule has 3 aliphatic rings. The van der Waals surface area contributed by atoms with E-state index in [-0.39, 0.29) is 5.91 Å². The molecule has 6 rings (SSSR count). The van der Waals surface area contributed by atoms with Crippen LogP contribution in [0.4, 0.5) is 23.3 Å². The van der Waals surface area contributed by atoms with Gasteiger partial charge in [-0.15, -0.1) is 6.58 Å². The summed E-state index contributed by atoms with van der Waals surface area (Å²) in [5.74, 6) is 1.54. The van der Waals surface area contributed by atoms with Gasteiger partial charge in [0, 0.05) is 31.5 Å². The molecule has 9 nitrogen and oxygen atoms in total. The van der Waals surface area contributed by atoms with Crippen molar-refractivity contribution < 1.29 is 9.90 Å². The van der Waals surface area contributed by atoms with Gasteiger partial charge in [-0.25, -0.2) is 9.97 Å². The van der Waals surface area contributed by atoms with Gasteiger partial charge in [0.1, 0.15) is 22.8 Å². The van der Waals surface area contributed by atoms with Crippen LogP contribution in [0, 0.1) is 0 Å². The van der Waals surface area contributed by atoms with E-state index in [9.17, 15) is 9.90 Å². The van der Waals surface area contributed by atoms with Crippen molar-refractivity contribution in [3.8, 4) is 0 Å². The number of aryl methyl sites for hydroxylation is 1. The van der Waals surface area contributed by atoms with Gasteiger partial charge >= 0.3 is 0 Å². The number of nitrogens with zero attached hydrogens (tertiary/aromatic N) is 4. The number of amides is 1. The van der Waals surface area contributed by atoms with E-state index in [1.807, 2.05) is 12.1 Å². The zero-order chi connectivity index (χ0) is 27.9. The van der Waals surface area contributed by atoms with Crippen LogP contribution >= 0.6 is 0 Å². The van der Waals surface area contributed by atoms with E-state index < -0.39 is 5.60 Å². The summed E-state index contributed by atoms with van der Waals surface area (Å²) in [5, 5.41) is 20.2. The summed E-state index contributed by atoms with van der Waals surface area (Å²) in [7, 11) is 2.16. The molecule has 0 bridgehead atoms. The summed E-state index contributed by atoms with van der Waals surface area (Å²) in [4.78, 5) is 29.2. The van der Waals surface area contributed by atoms with Crippen molar-refractivity contribution >= 4 is 29.2 Å². The second-order valence-corrected chi connectivity index (χ2v) is 11.5. The molecule has 1 atom stereocenters. The Hall–Kier alpha value is -3.82. The first-order valence-corrected chi connectivity index (χ1v) is 14.2. The van der Waals surface area contributed by atoms with Gasteiger partial charge in [-0.1, -0.05) is 18.6 Å². The zero-order valence-electron chi connectivity index (χ0n) is 23.3. The van der Waals surface area contributed by atoms with Gasteiger partial charge in [-0.05, 0) is 92.4 Å². The topological polar surface area (TPSA) is 115 Å². The molecule has 1 aromatic carbocycles. The molecule has 3 aromatic rings. The quantitative estimate of drug-likeness (QED) is 0.305. The van der Waals surface area contributed by atoms with Crippen LogP contribution in [0.15, 0.2) is 43.1 Å². The van der Waals surface area contributed by atoms with E-state index in [1.54, 1.807) is 13.0 Å². The number of pyridine rings is 1. The van der Waals surface area contributed by atoms with E-state index in [2.05, 4.69) is 56.6 Å². The lowest BCUT2D eigenvalue weighted by Gasteiger charge is -2.33. The molecule has 1 fully saturated rings. The summed E-state index contributed by atoms with van der Waals surface area (Å²) in [6.07, 6.45) is 9.42. The molecule has 4 N–H and O–H groups in total. The maximum atomic E-state index is 13.0. The number of aliphatic hydroxyl groups is 1. The van der Waals surface area contributed by atoms with Gasteiger partial charge in [0.15, 0.2) is 0 Å². The lowest BCUT2D eigenvalue weighted by atomic mass is 9.76. The number of aromatic nitrogens is 3. The summed E-state index contributed by atoms with van der Waals surface area (Å²) >= 11 is 0. The molecule has 0 spiro atoms. The van der Waals surface area contributed by atoms with E-state index in [0.29, 0.717) is 47.7 Å². The molecule has 208 valence electrons. The van der Waals surface area contributed by atoms with Crippen molar-refractivity contribution in [1.82, 2.24) is 25.2 Å². The van der Waals surface area contributed by atoms with Crippen molar-refractivity contribution in [2.24, 2.45) is 0 Å². The van der Waals surface area contributed by atoms with Crippen molar-refractivity contribution in [3.63, 3.8) is 0 Å². The average molecular weight is 540 g/mol. The van der Waals surface area contributed by atoms with E-state index >= 15 is 0 Å². The first kappa shape index (κ1) is 26.4. The van der Waals surface area contributed by atoms with Crippen LogP contribution in [-0.4, -0.2) is 51.0 Å². The van der Waals surface area contributed by atoms with Crippen molar-refractivity contribution in [2.45, 2.75) is 63.5 Å². The zero-order valence-corrected chi connectivity index (χ0v) is 23.3. The van der Waals surface area contributed by atoms with Crippen LogP contribution in [0.25, 0.3) is 0 Å². The van der Waals surface area contributed by atoms with E-state index in [4.69, 9.17) is 4.98 Å². The Morgan fingerprint density at radius 1 is 1.20 bits per heavy atom. The Morgan fingerprint density at radius 3 is 2.83 bits per heavy atom. The highest BCUT2D eigenvalue weighted by atomic mass is 16.3. The first-order chi connectivity index (χ1) is 19.3. The first-order valence-electron chi connectivity index (χ1n) is 14.2. The molecule has 1 amide bonds. The normalized spacial score (nSPS) is 20.3. The molecular formula is C31H37N7O2. The maximum Gasteiger partial charge on any atom is 0.256 e. The van der Waals surface area contributed by atoms with Gasteiger partial charge in [-0.3, -0.25) is 4.79 Å². The monoisotopic (exact) mass is 539 g/mol. The van der Waals surface area contributed by atoms with Gasteiger partial charge < -0.3 is 26.0 Å². The number of rotatable bonds is 8. The Morgan fingerprint density at radius 2 is 2.05 bits per heavy atom. The second-order valence-electron chi connectivity index (χ2n) is 11.5. The Labute approximate surface area is 235 Å². The summed E-state index contributed by atoms with van der Waals surface area (Å²) in [6, 6.07) is 8.29. The average Bonchev–Trinajstić information content (AvgIpc) is 3.20. The molecule has 0 unspecified atom stereocenters. The molecule has 40 heavy (non-hydrogen) atoms. The number of anilines is 4. The highest BCUT2D eigenvalue weighted by Crippen LogP contribution is 2.42. The largest absolute Gasteiger partial charge is 0.384 e. The fourth-order valence-corrected chi connectivity index (χ4v) is 5.97. The van der Waals surface area contributed by atoms with Crippen LogP contribution in [0.2, 0.25) is 0 Å². The van der Waals surface area contributed by atoms with E-state index in [0.717, 1.165) is 37.2 Å². The number of carbonyl (C=O) groups excluding carboxylic acids is 1. The molecule has 3 heterocycles. The number of hydrogen-bond acceptors (Lipinski definition) is 8. The molecule has 2 aliphatic carbocycles. The second kappa shape index (κ2) is 10.6. The third-order valence-corrected chi connectivity index (χ3v) is 8.42. The van der Waals surface area contributed by atoms with Gasteiger partial charge in [0.2, 0.25) is 5.95 Å². The van der Waals surface area contributed by atoms with Crippen LogP contribution < -0.4 is 16.0 Å². The van der Waals surface area contributed by atoms with Gasteiger partial charge in [-0.2, -0.15) is 4.98 Å². The summed E-state index contributed by atoms with van der Waals surface area (Å²) in [6.45, 7) is 7.80. The summed E-state index contributed by atoms with van der Waals surface area (Å²) in [5.41, 5.74) is 6.27. The molecule has 0 saturated heterocycles. The number of hydrogen-bond donors (Lipinski definition) is 4. The minimum Gasteiger partial charge on any atom is -0.384 e. The number of likely N-dealkylation sites (N-methyl/N-ethyl adjacent to an activating group) is 1. The number of nitrogens with one attached hydrogen (secondary N) is 3. The molecule has 0 radical (unpaired) electrons. The lowest BCUT2D eigenvalue weighted by Crippen LogP contribution is -2.28. The minimum absolute atomic E-state index is 0.295. The van der Waals surface area contributed by atoms with Crippen LogP contribution in [0.3, 0.4) is 0 Å². The molecule has 1 aliphatic heterocycles. The molecular weight excluding hydrogens is 502 g/mol. The van der Waals surface area contributed by atoms with Crippen molar-refractivity contribution in [3.05, 3.63) is 76.6 Å². The fourth-order valence-electron chi connectivity index (χ4n) is 5.97. The molecule has 2 aromatic heterocycles. The smallest absolute Gasteiger partial charge is 0.256 e.